The summed E-state index contributed by atoms with van der Waals surface area (Å²) in [6.07, 6.45) is 5.01. The van der Waals surface area contributed by atoms with Crippen LogP contribution in [0, 0.1) is 0 Å². The van der Waals surface area contributed by atoms with Gasteiger partial charge in [-0.15, -0.1) is 0 Å². The van der Waals surface area contributed by atoms with Gasteiger partial charge in [-0.2, -0.15) is 0 Å². The first-order chi connectivity index (χ1) is 7.66. The molecule has 16 heavy (non-hydrogen) atoms. The van der Waals surface area contributed by atoms with Gasteiger partial charge in [-0.05, 0) is 18.6 Å². The van der Waals surface area contributed by atoms with Crippen molar-refractivity contribution in [1.29, 1.82) is 0 Å². The Morgan fingerprint density at radius 2 is 2.31 bits per heavy atom. The maximum atomic E-state index is 11.4. The number of aromatic amines is 1. The summed E-state index contributed by atoms with van der Waals surface area (Å²) >= 11 is 3.21. The van der Waals surface area contributed by atoms with Crippen LogP contribution < -0.4 is 0 Å². The second-order valence-electron chi connectivity index (χ2n) is 2.83. The molecule has 0 unspecified atom stereocenters. The molecule has 0 saturated heterocycles. The Morgan fingerprint density at radius 1 is 1.56 bits per heavy atom. The Bertz CT molecular complexity index is 411. The predicted molar refractivity (Wildman–Crippen MR) is 60.7 cm³/mol. The number of carbonyl (C=O) groups excluding carboxylic acids is 1. The van der Waals surface area contributed by atoms with Crippen molar-refractivity contribution >= 4 is 27.9 Å². The first-order valence-corrected chi connectivity index (χ1v) is 5.61. The SMILES string of the molecule is O=C(O)c1cc[nH]c1C(=O)OC=CCCBr. The molecule has 0 atom stereocenters. The summed E-state index contributed by atoms with van der Waals surface area (Å²) < 4.78 is 4.74. The molecule has 5 nitrogen and oxygen atoms in total. The number of carbonyl (C=O) groups is 2. The lowest BCUT2D eigenvalue weighted by Gasteiger charge is -1.98. The largest absolute Gasteiger partial charge is 0.478 e. The fraction of sp³-hybridized carbons (Fsp3) is 0.200. The molecule has 0 spiro atoms. The molecule has 0 radical (unpaired) electrons. The molecule has 1 aromatic heterocycles. The monoisotopic (exact) mass is 287 g/mol. The highest BCUT2D eigenvalue weighted by atomic mass is 79.9. The number of ether oxygens (including phenoxy) is 1. The molecule has 1 heterocycles. The van der Waals surface area contributed by atoms with Gasteiger partial charge in [0.2, 0.25) is 0 Å². The number of H-pyrrole nitrogens is 1. The highest BCUT2D eigenvalue weighted by Gasteiger charge is 2.18. The Kier molecular flexibility index (Phi) is 4.78. The van der Waals surface area contributed by atoms with Crippen LogP contribution in [-0.2, 0) is 4.74 Å². The summed E-state index contributed by atoms with van der Waals surface area (Å²) in [6.45, 7) is 0. The van der Waals surface area contributed by atoms with E-state index in [0.717, 1.165) is 11.8 Å². The van der Waals surface area contributed by atoms with E-state index in [1.54, 1.807) is 6.08 Å². The smallest absolute Gasteiger partial charge is 0.360 e. The minimum Gasteiger partial charge on any atom is -0.478 e. The molecule has 0 fully saturated rings. The molecule has 0 aromatic carbocycles. The molecule has 0 amide bonds. The third-order valence-corrected chi connectivity index (χ3v) is 2.19. The number of halogens is 1. The topological polar surface area (TPSA) is 79.4 Å². The second kappa shape index (κ2) is 6.12. The van der Waals surface area contributed by atoms with Gasteiger partial charge >= 0.3 is 11.9 Å². The Labute approximate surface area is 100 Å². The Morgan fingerprint density at radius 3 is 2.94 bits per heavy atom. The fourth-order valence-corrected chi connectivity index (χ4v) is 1.28. The number of alkyl halides is 1. The predicted octanol–water partition coefficient (Wildman–Crippen LogP) is 2.17. The van der Waals surface area contributed by atoms with Crippen molar-refractivity contribution in [2.45, 2.75) is 6.42 Å². The normalized spacial score (nSPS) is 10.6. The number of esters is 1. The van der Waals surface area contributed by atoms with E-state index in [1.165, 1.54) is 18.5 Å². The number of carboxylic acids is 1. The third kappa shape index (κ3) is 3.23. The molecular formula is C10H10BrNO4. The molecule has 0 aliphatic heterocycles. The van der Waals surface area contributed by atoms with Crippen molar-refractivity contribution in [2.75, 3.05) is 5.33 Å². The van der Waals surface area contributed by atoms with Gasteiger partial charge in [-0.25, -0.2) is 9.59 Å². The minimum atomic E-state index is -1.17. The lowest BCUT2D eigenvalue weighted by molar-refractivity contribution is 0.0627. The molecular weight excluding hydrogens is 278 g/mol. The van der Waals surface area contributed by atoms with E-state index in [1.807, 2.05) is 0 Å². The Balaban J connectivity index is 2.66. The van der Waals surface area contributed by atoms with E-state index >= 15 is 0 Å². The summed E-state index contributed by atoms with van der Waals surface area (Å²) in [5.41, 5.74) is -0.158. The van der Waals surface area contributed by atoms with Crippen molar-refractivity contribution in [2.24, 2.45) is 0 Å². The lowest BCUT2D eigenvalue weighted by atomic mass is 10.2. The van der Waals surface area contributed by atoms with E-state index < -0.39 is 11.9 Å². The number of aromatic carboxylic acids is 1. The standard InChI is InChI=1S/C10H10BrNO4/c11-4-1-2-6-16-10(15)8-7(9(13)14)3-5-12-8/h2-3,5-6,12H,1,4H2,(H,13,14). The van der Waals surface area contributed by atoms with Crippen LogP contribution in [0.2, 0.25) is 0 Å². The number of hydrogen-bond acceptors (Lipinski definition) is 3. The van der Waals surface area contributed by atoms with Crippen LogP contribution in [0.4, 0.5) is 0 Å². The first kappa shape index (κ1) is 12.5. The molecule has 0 saturated carbocycles. The maximum absolute atomic E-state index is 11.4. The average molecular weight is 288 g/mol. The summed E-state index contributed by atoms with van der Waals surface area (Å²) in [5.74, 6) is -1.88. The van der Waals surface area contributed by atoms with Gasteiger partial charge in [0, 0.05) is 11.5 Å². The van der Waals surface area contributed by atoms with Gasteiger partial charge in [-0.1, -0.05) is 15.9 Å². The maximum Gasteiger partial charge on any atom is 0.360 e. The molecule has 1 aromatic rings. The van der Waals surface area contributed by atoms with Gasteiger partial charge < -0.3 is 14.8 Å². The average Bonchev–Trinajstić information content (AvgIpc) is 2.73. The third-order valence-electron chi connectivity index (χ3n) is 1.73. The van der Waals surface area contributed by atoms with Crippen LogP contribution in [0.1, 0.15) is 27.3 Å². The number of hydrogen-bond donors (Lipinski definition) is 2. The van der Waals surface area contributed by atoms with Crippen molar-refractivity contribution in [3.05, 3.63) is 35.9 Å². The van der Waals surface area contributed by atoms with Crippen molar-refractivity contribution in [3.8, 4) is 0 Å². The first-order valence-electron chi connectivity index (χ1n) is 4.49. The van der Waals surface area contributed by atoms with Crippen LogP contribution in [0.5, 0.6) is 0 Å². The summed E-state index contributed by atoms with van der Waals surface area (Å²) in [7, 11) is 0. The number of aromatic nitrogens is 1. The van der Waals surface area contributed by atoms with E-state index in [4.69, 9.17) is 9.84 Å². The van der Waals surface area contributed by atoms with Crippen LogP contribution in [0.3, 0.4) is 0 Å². The zero-order chi connectivity index (χ0) is 12.0. The molecule has 0 bridgehead atoms. The van der Waals surface area contributed by atoms with Gasteiger partial charge in [0.15, 0.2) is 0 Å². The van der Waals surface area contributed by atoms with E-state index in [2.05, 4.69) is 20.9 Å². The van der Waals surface area contributed by atoms with Crippen LogP contribution in [0.25, 0.3) is 0 Å². The van der Waals surface area contributed by atoms with Crippen LogP contribution in [-0.4, -0.2) is 27.4 Å². The zero-order valence-electron chi connectivity index (χ0n) is 8.27. The quantitative estimate of drug-likeness (QED) is 0.494. The minimum absolute atomic E-state index is 0.0593. The molecule has 1 rings (SSSR count). The van der Waals surface area contributed by atoms with Gasteiger partial charge in [-0.3, -0.25) is 0 Å². The lowest BCUT2D eigenvalue weighted by Crippen LogP contribution is -2.08. The highest BCUT2D eigenvalue weighted by Crippen LogP contribution is 2.08. The fourth-order valence-electron chi connectivity index (χ4n) is 1.02. The van der Waals surface area contributed by atoms with Crippen LogP contribution in [0.15, 0.2) is 24.6 Å². The summed E-state index contributed by atoms with van der Waals surface area (Å²) in [4.78, 5) is 24.7. The van der Waals surface area contributed by atoms with Crippen molar-refractivity contribution in [3.63, 3.8) is 0 Å². The number of carboxylic acid groups (broad SMARTS) is 1. The van der Waals surface area contributed by atoms with E-state index in [-0.39, 0.29) is 11.3 Å². The molecule has 2 N–H and O–H groups in total. The Hall–Kier alpha value is -1.56. The van der Waals surface area contributed by atoms with Gasteiger partial charge in [0.25, 0.3) is 0 Å². The summed E-state index contributed by atoms with van der Waals surface area (Å²) in [6, 6.07) is 1.31. The van der Waals surface area contributed by atoms with Gasteiger partial charge in [0.1, 0.15) is 5.69 Å². The molecule has 0 aliphatic carbocycles. The number of nitrogens with one attached hydrogen (secondary N) is 1. The van der Waals surface area contributed by atoms with Gasteiger partial charge in [0.05, 0.1) is 11.8 Å². The van der Waals surface area contributed by atoms with E-state index in [0.29, 0.717) is 0 Å². The number of rotatable bonds is 5. The van der Waals surface area contributed by atoms with Crippen molar-refractivity contribution < 1.29 is 19.4 Å². The second-order valence-corrected chi connectivity index (χ2v) is 3.62. The molecule has 0 aliphatic rings. The summed E-state index contributed by atoms with van der Waals surface area (Å²) in [5, 5.41) is 9.53. The highest BCUT2D eigenvalue weighted by molar-refractivity contribution is 9.09. The zero-order valence-corrected chi connectivity index (χ0v) is 9.86. The van der Waals surface area contributed by atoms with Crippen LogP contribution >= 0.6 is 15.9 Å². The van der Waals surface area contributed by atoms with E-state index in [9.17, 15) is 9.59 Å². The molecule has 86 valence electrons. The molecule has 6 heteroatoms. The van der Waals surface area contributed by atoms with Crippen molar-refractivity contribution in [1.82, 2.24) is 4.98 Å². The number of allylic oxidation sites excluding steroid dienone is 1.